The number of halogens is 3. The Labute approximate surface area is 64.9 Å². The highest BCUT2D eigenvalue weighted by atomic mass is 28.2. The van der Waals surface area contributed by atoms with Gasteiger partial charge in [-0.3, -0.25) is 0 Å². The van der Waals surface area contributed by atoms with Crippen LogP contribution in [0.4, 0.5) is 13.2 Å². The van der Waals surface area contributed by atoms with Crippen molar-refractivity contribution in [3.8, 4) is 0 Å². The molecule has 1 aromatic rings. The molecule has 0 aliphatic heterocycles. The summed E-state index contributed by atoms with van der Waals surface area (Å²) >= 11 is 0. The first-order chi connectivity index (χ1) is 5.16. The van der Waals surface area contributed by atoms with Gasteiger partial charge in [0.05, 0.1) is 9.52 Å². The summed E-state index contributed by atoms with van der Waals surface area (Å²) in [4.78, 5) is 0. The van der Waals surface area contributed by atoms with Gasteiger partial charge in [0.2, 0.25) is 0 Å². The largest absolute Gasteiger partial charge is 0.204 e. The van der Waals surface area contributed by atoms with E-state index in [-0.39, 0.29) is 14.7 Å². The van der Waals surface area contributed by atoms with E-state index in [1.807, 2.05) is 0 Å². The Morgan fingerprint density at radius 1 is 1.09 bits per heavy atom. The third-order valence-electron chi connectivity index (χ3n) is 1.30. The van der Waals surface area contributed by atoms with Gasteiger partial charge in [0.25, 0.3) is 0 Å². The molecular formula is C7H5F3Si. The van der Waals surface area contributed by atoms with Gasteiger partial charge in [-0.05, 0) is 11.3 Å². The van der Waals surface area contributed by atoms with E-state index >= 15 is 0 Å². The molecule has 1 aromatic carbocycles. The van der Waals surface area contributed by atoms with Crippen molar-refractivity contribution < 1.29 is 13.2 Å². The van der Waals surface area contributed by atoms with Crippen LogP contribution in [0, 0.1) is 17.5 Å². The zero-order valence-corrected chi connectivity index (χ0v) is 6.79. The zero-order valence-electron chi connectivity index (χ0n) is 5.79. The monoisotopic (exact) mass is 174 g/mol. The van der Waals surface area contributed by atoms with E-state index < -0.39 is 17.5 Å². The summed E-state index contributed by atoms with van der Waals surface area (Å²) in [6, 6.07) is 2.19. The van der Waals surface area contributed by atoms with Crippen molar-refractivity contribution in [2.45, 2.75) is 6.55 Å². The highest BCUT2D eigenvalue weighted by molar-refractivity contribution is 6.51. The van der Waals surface area contributed by atoms with Gasteiger partial charge in [-0.1, -0.05) is 12.6 Å². The van der Waals surface area contributed by atoms with Crippen LogP contribution in [0.3, 0.4) is 0 Å². The van der Waals surface area contributed by atoms with Gasteiger partial charge in [-0.2, -0.15) is 0 Å². The van der Waals surface area contributed by atoms with Crippen LogP contribution in [-0.4, -0.2) is 9.52 Å². The lowest BCUT2D eigenvalue weighted by atomic mass is 10.3. The van der Waals surface area contributed by atoms with Crippen LogP contribution in [0.2, 0.25) is 6.55 Å². The van der Waals surface area contributed by atoms with Crippen LogP contribution in [0.25, 0.3) is 0 Å². The topological polar surface area (TPSA) is 0 Å². The predicted octanol–water partition coefficient (Wildman–Crippen LogP) is 1.48. The van der Waals surface area contributed by atoms with Crippen LogP contribution in [0.1, 0.15) is 0 Å². The fraction of sp³-hybridized carbons (Fsp3) is 0.143. The predicted molar refractivity (Wildman–Crippen MR) is 37.6 cm³/mol. The molecule has 0 atom stereocenters. The molecule has 0 heterocycles. The first-order valence-electron chi connectivity index (χ1n) is 2.98. The maximum Gasteiger partial charge on any atom is 0.194 e. The van der Waals surface area contributed by atoms with Gasteiger partial charge in [0.15, 0.2) is 17.5 Å². The van der Waals surface area contributed by atoms with Crippen molar-refractivity contribution >= 4 is 14.7 Å². The summed E-state index contributed by atoms with van der Waals surface area (Å²) in [6.07, 6.45) is 0. The molecule has 0 aliphatic rings. The smallest absolute Gasteiger partial charge is 0.194 e. The number of benzene rings is 1. The summed E-state index contributed by atoms with van der Waals surface area (Å²) in [5.41, 5.74) is 0. The second-order valence-electron chi connectivity index (χ2n) is 1.97. The molecule has 0 aromatic heterocycles. The van der Waals surface area contributed by atoms with E-state index in [0.29, 0.717) is 0 Å². The Morgan fingerprint density at radius 3 is 2.27 bits per heavy atom. The molecule has 0 saturated carbocycles. The third kappa shape index (κ3) is 1.45. The molecular weight excluding hydrogens is 169 g/mol. The molecule has 0 unspecified atom stereocenters. The van der Waals surface area contributed by atoms with E-state index in [0.717, 1.165) is 6.07 Å². The van der Waals surface area contributed by atoms with Crippen LogP contribution in [0.5, 0.6) is 0 Å². The van der Waals surface area contributed by atoms with E-state index in [4.69, 9.17) is 0 Å². The molecule has 2 radical (unpaired) electrons. The Bertz CT molecular complexity index is 273. The Balaban J connectivity index is 3.25. The van der Waals surface area contributed by atoms with Gasteiger partial charge < -0.3 is 0 Å². The molecule has 0 N–H and O–H groups in total. The van der Waals surface area contributed by atoms with E-state index in [1.165, 1.54) is 6.07 Å². The summed E-state index contributed by atoms with van der Waals surface area (Å²) < 4.78 is 37.4. The number of hydrogen-bond donors (Lipinski definition) is 0. The lowest BCUT2D eigenvalue weighted by Crippen LogP contribution is -2.17. The fourth-order valence-electron chi connectivity index (χ4n) is 0.719. The number of hydrogen-bond acceptors (Lipinski definition) is 0. The highest BCUT2D eigenvalue weighted by Crippen LogP contribution is 2.06. The summed E-state index contributed by atoms with van der Waals surface area (Å²) in [6.45, 7) is 1.70. The zero-order chi connectivity index (χ0) is 8.43. The molecule has 0 aliphatic carbocycles. The SMILES string of the molecule is C[Si]c1ccc(F)c(F)c1F. The first kappa shape index (κ1) is 8.32. The minimum Gasteiger partial charge on any atom is -0.204 e. The van der Waals surface area contributed by atoms with Crippen LogP contribution >= 0.6 is 0 Å². The summed E-state index contributed by atoms with van der Waals surface area (Å²) in [5, 5.41) is 0.226. The summed E-state index contributed by atoms with van der Waals surface area (Å²) in [5.74, 6) is -3.58. The minimum absolute atomic E-state index is 0.140. The van der Waals surface area contributed by atoms with Gasteiger partial charge in [-0.15, -0.1) is 0 Å². The second-order valence-corrected chi connectivity index (χ2v) is 3.01. The first-order valence-corrected chi connectivity index (χ1v) is 4.48. The normalized spacial score (nSPS) is 10.2. The third-order valence-corrected chi connectivity index (χ3v) is 2.23. The van der Waals surface area contributed by atoms with Gasteiger partial charge in [-0.25, -0.2) is 13.2 Å². The Kier molecular flexibility index (Phi) is 2.33. The highest BCUT2D eigenvalue weighted by Gasteiger charge is 2.11. The molecule has 1 rings (SSSR count). The maximum absolute atomic E-state index is 12.7. The second kappa shape index (κ2) is 3.09. The van der Waals surface area contributed by atoms with Crippen molar-refractivity contribution in [2.75, 3.05) is 0 Å². The van der Waals surface area contributed by atoms with E-state index in [9.17, 15) is 13.2 Å². The Morgan fingerprint density at radius 2 is 1.73 bits per heavy atom. The van der Waals surface area contributed by atoms with Gasteiger partial charge in [0, 0.05) is 0 Å². The molecule has 0 fully saturated rings. The van der Waals surface area contributed by atoms with Crippen LogP contribution in [-0.2, 0) is 0 Å². The van der Waals surface area contributed by atoms with Crippen molar-refractivity contribution in [2.24, 2.45) is 0 Å². The molecule has 0 bridgehead atoms. The van der Waals surface area contributed by atoms with Crippen molar-refractivity contribution in [1.29, 1.82) is 0 Å². The molecule has 58 valence electrons. The van der Waals surface area contributed by atoms with Gasteiger partial charge in [0.1, 0.15) is 0 Å². The van der Waals surface area contributed by atoms with E-state index in [2.05, 4.69) is 0 Å². The quantitative estimate of drug-likeness (QED) is 0.447. The standard InChI is InChI=1S/C7H5F3Si/c1-11-5-3-2-4(8)6(9)7(5)10/h2-3H,1H3. The average Bonchev–Trinajstić information content (AvgIpc) is 2.01. The van der Waals surface area contributed by atoms with Crippen molar-refractivity contribution in [3.63, 3.8) is 0 Å². The van der Waals surface area contributed by atoms with Gasteiger partial charge >= 0.3 is 0 Å². The number of rotatable bonds is 1. The molecule has 0 spiro atoms. The molecule has 0 saturated heterocycles. The fourth-order valence-corrected chi connectivity index (χ4v) is 1.30. The molecule has 0 nitrogen and oxygen atoms in total. The van der Waals surface area contributed by atoms with Crippen LogP contribution < -0.4 is 5.19 Å². The lowest BCUT2D eigenvalue weighted by Gasteiger charge is -1.99. The molecule has 11 heavy (non-hydrogen) atoms. The maximum atomic E-state index is 12.7. The average molecular weight is 174 g/mol. The lowest BCUT2D eigenvalue weighted by molar-refractivity contribution is 0.451. The van der Waals surface area contributed by atoms with E-state index in [1.54, 1.807) is 6.55 Å². The molecule has 4 heteroatoms. The Hall–Kier alpha value is -0.773. The van der Waals surface area contributed by atoms with Crippen molar-refractivity contribution in [3.05, 3.63) is 29.6 Å². The summed E-state index contributed by atoms with van der Waals surface area (Å²) in [7, 11) is 0.140. The van der Waals surface area contributed by atoms with Crippen LogP contribution in [0.15, 0.2) is 12.1 Å². The molecule has 0 amide bonds. The van der Waals surface area contributed by atoms with Crippen molar-refractivity contribution in [1.82, 2.24) is 0 Å². The minimum atomic E-state index is -1.38.